The van der Waals surface area contributed by atoms with Gasteiger partial charge in [-0.1, -0.05) is 28.1 Å². The van der Waals surface area contributed by atoms with E-state index in [0.717, 1.165) is 10.0 Å². The highest BCUT2D eigenvalue weighted by molar-refractivity contribution is 9.10. The van der Waals surface area contributed by atoms with Crippen molar-refractivity contribution in [3.05, 3.63) is 34.3 Å². The second kappa shape index (κ2) is 5.98. The third-order valence-electron chi connectivity index (χ3n) is 2.22. The summed E-state index contributed by atoms with van der Waals surface area (Å²) in [5.74, 6) is -0.259. The molecule has 0 aromatic heterocycles. The van der Waals surface area contributed by atoms with Crippen LogP contribution in [-0.4, -0.2) is 35.6 Å². The summed E-state index contributed by atoms with van der Waals surface area (Å²) < 4.78 is 0.997. The number of nitrogens with zero attached hydrogens (tertiary/aromatic N) is 1. The van der Waals surface area contributed by atoms with Crippen molar-refractivity contribution < 1.29 is 9.90 Å². The zero-order valence-electron chi connectivity index (χ0n) is 9.06. The second-order valence-electron chi connectivity index (χ2n) is 3.61. The van der Waals surface area contributed by atoms with Crippen LogP contribution < -0.4 is 5.73 Å². The van der Waals surface area contributed by atoms with Crippen LogP contribution in [0.2, 0.25) is 0 Å². The SMILES string of the molecule is CN(Cc1ccc(Br)cc1)C(=O)[C@H](N)CO. The summed E-state index contributed by atoms with van der Waals surface area (Å²) in [5, 5.41) is 8.78. The molecule has 1 rings (SSSR count). The monoisotopic (exact) mass is 286 g/mol. The number of aliphatic hydroxyl groups is 1. The Morgan fingerprint density at radius 1 is 1.50 bits per heavy atom. The molecule has 16 heavy (non-hydrogen) atoms. The smallest absolute Gasteiger partial charge is 0.241 e. The number of halogens is 1. The summed E-state index contributed by atoms with van der Waals surface area (Å²) in [7, 11) is 1.67. The standard InChI is InChI=1S/C11H15BrN2O2/c1-14(11(16)10(13)7-15)6-8-2-4-9(12)5-3-8/h2-5,10,15H,6-7,13H2,1H3/t10-/m1/s1. The lowest BCUT2D eigenvalue weighted by Gasteiger charge is -2.20. The molecule has 0 bridgehead atoms. The highest BCUT2D eigenvalue weighted by Crippen LogP contribution is 2.11. The molecule has 3 N–H and O–H groups in total. The van der Waals surface area contributed by atoms with Crippen LogP contribution in [0.3, 0.4) is 0 Å². The maximum atomic E-state index is 11.6. The first-order chi connectivity index (χ1) is 7.54. The van der Waals surface area contributed by atoms with Crippen molar-refractivity contribution in [1.82, 2.24) is 4.90 Å². The van der Waals surface area contributed by atoms with Gasteiger partial charge in [0, 0.05) is 18.1 Å². The van der Waals surface area contributed by atoms with E-state index in [1.54, 1.807) is 7.05 Å². The van der Waals surface area contributed by atoms with Crippen LogP contribution in [0.5, 0.6) is 0 Å². The van der Waals surface area contributed by atoms with Crippen LogP contribution in [-0.2, 0) is 11.3 Å². The fraction of sp³-hybridized carbons (Fsp3) is 0.364. The van der Waals surface area contributed by atoms with Crippen molar-refractivity contribution in [2.24, 2.45) is 5.73 Å². The van der Waals surface area contributed by atoms with Crippen molar-refractivity contribution in [3.63, 3.8) is 0 Å². The maximum absolute atomic E-state index is 11.6. The van der Waals surface area contributed by atoms with E-state index in [4.69, 9.17) is 10.8 Å². The largest absolute Gasteiger partial charge is 0.394 e. The minimum atomic E-state index is -0.833. The average molecular weight is 287 g/mol. The van der Waals surface area contributed by atoms with E-state index in [1.807, 2.05) is 24.3 Å². The molecule has 0 saturated heterocycles. The molecular weight excluding hydrogens is 272 g/mol. The Morgan fingerprint density at radius 3 is 2.56 bits per heavy atom. The molecule has 1 aromatic rings. The quantitative estimate of drug-likeness (QED) is 0.858. The van der Waals surface area contributed by atoms with Gasteiger partial charge in [0.25, 0.3) is 0 Å². The molecule has 1 atom stereocenters. The molecule has 0 aliphatic carbocycles. The first-order valence-corrected chi connectivity index (χ1v) is 5.69. The molecule has 1 aromatic carbocycles. The van der Waals surface area contributed by atoms with E-state index in [-0.39, 0.29) is 12.5 Å². The fourth-order valence-corrected chi connectivity index (χ4v) is 1.57. The number of carbonyl (C=O) groups is 1. The Kier molecular flexibility index (Phi) is 4.92. The van der Waals surface area contributed by atoms with Gasteiger partial charge in [0.1, 0.15) is 6.04 Å². The summed E-state index contributed by atoms with van der Waals surface area (Å²) in [6, 6.07) is 6.86. The van der Waals surface area contributed by atoms with Gasteiger partial charge in [0.15, 0.2) is 0 Å². The highest BCUT2D eigenvalue weighted by atomic mass is 79.9. The molecule has 0 fully saturated rings. The summed E-state index contributed by atoms with van der Waals surface area (Å²) in [6.45, 7) is 0.156. The van der Waals surface area contributed by atoms with E-state index in [0.29, 0.717) is 6.54 Å². The van der Waals surface area contributed by atoms with E-state index in [2.05, 4.69) is 15.9 Å². The predicted molar refractivity (Wildman–Crippen MR) is 65.7 cm³/mol. The molecule has 0 spiro atoms. The van der Waals surface area contributed by atoms with E-state index in [1.165, 1.54) is 4.90 Å². The molecule has 0 aliphatic heterocycles. The molecule has 0 aliphatic rings. The summed E-state index contributed by atoms with van der Waals surface area (Å²) >= 11 is 3.34. The predicted octanol–water partition coefficient (Wildman–Crippen LogP) is 0.727. The third-order valence-corrected chi connectivity index (χ3v) is 2.75. The first-order valence-electron chi connectivity index (χ1n) is 4.90. The number of hydrogen-bond donors (Lipinski definition) is 2. The lowest BCUT2D eigenvalue weighted by molar-refractivity contribution is -0.132. The Morgan fingerprint density at radius 2 is 2.06 bits per heavy atom. The first kappa shape index (κ1) is 13.2. The average Bonchev–Trinajstić information content (AvgIpc) is 2.30. The topological polar surface area (TPSA) is 66.6 Å². The molecule has 0 unspecified atom stereocenters. The number of rotatable bonds is 4. The lowest BCUT2D eigenvalue weighted by Crippen LogP contribution is -2.43. The minimum Gasteiger partial charge on any atom is -0.394 e. The van der Waals surface area contributed by atoms with Crippen molar-refractivity contribution >= 4 is 21.8 Å². The number of benzene rings is 1. The number of amides is 1. The normalized spacial score (nSPS) is 12.2. The number of aliphatic hydroxyl groups excluding tert-OH is 1. The van der Waals surface area contributed by atoms with E-state index in [9.17, 15) is 4.79 Å². The zero-order valence-corrected chi connectivity index (χ0v) is 10.6. The number of likely N-dealkylation sites (N-methyl/N-ethyl adjacent to an activating group) is 1. The molecule has 1 amide bonds. The molecule has 5 heteroatoms. The molecule has 4 nitrogen and oxygen atoms in total. The molecule has 88 valence electrons. The van der Waals surface area contributed by atoms with Crippen LogP contribution in [0.4, 0.5) is 0 Å². The maximum Gasteiger partial charge on any atom is 0.241 e. The Balaban J connectivity index is 2.60. The lowest BCUT2D eigenvalue weighted by atomic mass is 10.2. The van der Waals surface area contributed by atoms with Gasteiger partial charge in [-0.25, -0.2) is 0 Å². The van der Waals surface area contributed by atoms with Crippen molar-refractivity contribution in [1.29, 1.82) is 0 Å². The van der Waals surface area contributed by atoms with Gasteiger partial charge in [0.05, 0.1) is 6.61 Å². The fourth-order valence-electron chi connectivity index (χ4n) is 1.30. The van der Waals surface area contributed by atoms with Gasteiger partial charge in [-0.15, -0.1) is 0 Å². The Bertz CT molecular complexity index is 354. The van der Waals surface area contributed by atoms with Crippen LogP contribution in [0.1, 0.15) is 5.56 Å². The van der Waals surface area contributed by atoms with Crippen LogP contribution in [0.15, 0.2) is 28.7 Å². The zero-order chi connectivity index (χ0) is 12.1. The van der Waals surface area contributed by atoms with Gasteiger partial charge >= 0.3 is 0 Å². The van der Waals surface area contributed by atoms with Gasteiger partial charge in [-0.2, -0.15) is 0 Å². The van der Waals surface area contributed by atoms with Crippen molar-refractivity contribution in [2.75, 3.05) is 13.7 Å². The summed E-state index contributed by atoms with van der Waals surface area (Å²) in [6.07, 6.45) is 0. The second-order valence-corrected chi connectivity index (χ2v) is 4.53. The van der Waals surface area contributed by atoms with Gasteiger partial charge in [0.2, 0.25) is 5.91 Å². The Labute approximate surface area is 103 Å². The van der Waals surface area contributed by atoms with Crippen molar-refractivity contribution in [2.45, 2.75) is 12.6 Å². The molecular formula is C11H15BrN2O2. The van der Waals surface area contributed by atoms with E-state index < -0.39 is 6.04 Å². The third kappa shape index (κ3) is 3.59. The molecule has 0 radical (unpaired) electrons. The van der Waals surface area contributed by atoms with Gasteiger partial charge < -0.3 is 15.7 Å². The van der Waals surface area contributed by atoms with Crippen LogP contribution >= 0.6 is 15.9 Å². The highest BCUT2D eigenvalue weighted by Gasteiger charge is 2.16. The summed E-state index contributed by atoms with van der Waals surface area (Å²) in [5.41, 5.74) is 6.46. The number of hydrogen-bond acceptors (Lipinski definition) is 3. The number of nitrogens with two attached hydrogens (primary N) is 1. The molecule has 0 saturated carbocycles. The van der Waals surface area contributed by atoms with Crippen LogP contribution in [0.25, 0.3) is 0 Å². The molecule has 0 heterocycles. The number of carbonyl (C=O) groups excluding carboxylic acids is 1. The van der Waals surface area contributed by atoms with Crippen LogP contribution in [0, 0.1) is 0 Å². The van der Waals surface area contributed by atoms with E-state index >= 15 is 0 Å². The van der Waals surface area contributed by atoms with Gasteiger partial charge in [-0.3, -0.25) is 4.79 Å². The Hall–Kier alpha value is -0.910. The minimum absolute atomic E-state index is 0.259. The van der Waals surface area contributed by atoms with Gasteiger partial charge in [-0.05, 0) is 17.7 Å². The van der Waals surface area contributed by atoms with Crippen molar-refractivity contribution in [3.8, 4) is 0 Å². The summed E-state index contributed by atoms with van der Waals surface area (Å²) in [4.78, 5) is 13.1.